The van der Waals surface area contributed by atoms with Gasteiger partial charge >= 0.3 is 11.9 Å². The van der Waals surface area contributed by atoms with E-state index in [4.69, 9.17) is 4.74 Å². The number of amides is 2. The fourth-order valence-electron chi connectivity index (χ4n) is 10.1. The summed E-state index contributed by atoms with van der Waals surface area (Å²) in [6.07, 6.45) is 5.61. The summed E-state index contributed by atoms with van der Waals surface area (Å²) in [5.41, 5.74) is -0.382. The summed E-state index contributed by atoms with van der Waals surface area (Å²) in [5.74, 6) is -3.96. The van der Waals surface area contributed by atoms with E-state index < -0.39 is 65.3 Å². The topological polar surface area (TPSA) is 212 Å². The minimum atomic E-state index is -1.80. The number of aliphatic hydroxyl groups excluding tert-OH is 1. The zero-order valence-corrected chi connectivity index (χ0v) is 29.9. The van der Waals surface area contributed by atoms with Crippen LogP contribution >= 0.6 is 0 Å². The van der Waals surface area contributed by atoms with Crippen LogP contribution in [0.5, 0.6) is 0 Å². The van der Waals surface area contributed by atoms with Gasteiger partial charge in [0.1, 0.15) is 17.7 Å². The van der Waals surface area contributed by atoms with E-state index in [0.29, 0.717) is 24.8 Å². The molecule has 3 fully saturated rings. The Bertz CT molecular complexity index is 1820. The van der Waals surface area contributed by atoms with Crippen molar-refractivity contribution in [1.29, 1.82) is 0 Å². The molecule has 52 heavy (non-hydrogen) atoms. The van der Waals surface area contributed by atoms with Crippen molar-refractivity contribution in [2.75, 3.05) is 6.61 Å². The molecule has 0 bridgehead atoms. The van der Waals surface area contributed by atoms with Crippen molar-refractivity contribution in [3.8, 4) is 0 Å². The third-order valence-corrected chi connectivity index (χ3v) is 12.9. The van der Waals surface area contributed by atoms with Crippen LogP contribution in [0.1, 0.15) is 84.1 Å². The maximum atomic E-state index is 13.6. The van der Waals surface area contributed by atoms with Crippen LogP contribution in [-0.2, 0) is 39.9 Å². The number of aliphatic hydroxyl groups is 2. The Kier molecular flexibility index (Phi) is 10.2. The van der Waals surface area contributed by atoms with E-state index in [9.17, 15) is 44.1 Å². The van der Waals surface area contributed by atoms with Gasteiger partial charge in [0, 0.05) is 41.8 Å². The number of fused-ring (bicyclic) bond motifs is 6. The Morgan fingerprint density at radius 3 is 2.54 bits per heavy atom. The molecule has 1 aromatic carbocycles. The number of carboxylic acids is 1. The number of benzene rings is 1. The van der Waals surface area contributed by atoms with Gasteiger partial charge in [0.05, 0.1) is 12.5 Å². The number of hydrogen-bond acceptors (Lipinski definition) is 9. The van der Waals surface area contributed by atoms with Crippen LogP contribution in [0.4, 0.5) is 0 Å². The molecule has 4 aliphatic rings. The lowest BCUT2D eigenvalue weighted by atomic mass is 9.45. The minimum Gasteiger partial charge on any atom is -0.480 e. The van der Waals surface area contributed by atoms with E-state index in [0.717, 1.165) is 29.3 Å². The van der Waals surface area contributed by atoms with Gasteiger partial charge in [0.15, 0.2) is 12.4 Å². The number of carbonyl (C=O) groups is 6. The second kappa shape index (κ2) is 14.2. The molecule has 280 valence electrons. The van der Waals surface area contributed by atoms with Crippen LogP contribution < -0.4 is 10.6 Å². The van der Waals surface area contributed by atoms with Gasteiger partial charge in [-0.25, -0.2) is 4.79 Å². The molecule has 1 aromatic heterocycles. The number of rotatable bonds is 12. The first kappa shape index (κ1) is 37.4. The lowest BCUT2D eigenvalue weighted by molar-refractivity contribution is -0.184. The zero-order chi connectivity index (χ0) is 37.6. The van der Waals surface area contributed by atoms with E-state index in [1.54, 1.807) is 12.3 Å². The van der Waals surface area contributed by atoms with Crippen molar-refractivity contribution in [1.82, 2.24) is 15.6 Å². The average molecular weight is 720 g/mol. The van der Waals surface area contributed by atoms with Gasteiger partial charge in [-0.1, -0.05) is 37.6 Å². The number of carbonyl (C=O) groups excluding carboxylic acids is 5. The Hall–Kier alpha value is -4.36. The molecule has 13 heteroatoms. The number of carboxylic acid groups (broad SMARTS) is 1. The molecule has 9 atom stereocenters. The van der Waals surface area contributed by atoms with Gasteiger partial charge in [0.25, 0.3) is 0 Å². The molecule has 0 aliphatic heterocycles. The predicted molar refractivity (Wildman–Crippen MR) is 187 cm³/mol. The summed E-state index contributed by atoms with van der Waals surface area (Å²) in [4.78, 5) is 78.7. The monoisotopic (exact) mass is 719 g/mol. The summed E-state index contributed by atoms with van der Waals surface area (Å²) in [6.45, 7) is 4.71. The van der Waals surface area contributed by atoms with E-state index in [1.165, 1.54) is 6.92 Å². The van der Waals surface area contributed by atoms with Crippen LogP contribution in [-0.4, -0.2) is 86.0 Å². The molecule has 2 aromatic rings. The highest BCUT2D eigenvalue weighted by molar-refractivity contribution is 5.93. The van der Waals surface area contributed by atoms with Crippen LogP contribution in [0.3, 0.4) is 0 Å². The van der Waals surface area contributed by atoms with Crippen LogP contribution in [0.25, 0.3) is 10.9 Å². The molecule has 0 saturated heterocycles. The van der Waals surface area contributed by atoms with Gasteiger partial charge in [0.2, 0.25) is 17.6 Å². The lowest BCUT2D eigenvalue weighted by Crippen LogP contribution is -2.62. The molecular formula is C39H49N3O10. The standard InChI is InChI=1S/C39H49N3O10/c1-21(35(48)42-29(36(49)50)16-22-19-40-28-7-5-4-6-25(22)28)41-32(46)10-11-33(47)52-20-31(45)39(51)15-13-27-26-9-8-23-17-24(43)12-14-37(23,2)34(26)30(44)18-38(27,39)3/h4-7,17,19,21,26-27,29-30,34,40,44,51H,8-16,18,20H2,1-3H3,(H,41,46)(H,42,48)(H,49,50)/t21-,26-,27-,29-,30-,34+,37-,38-,39-/m0/s1. The molecule has 0 spiro atoms. The third-order valence-electron chi connectivity index (χ3n) is 12.9. The van der Waals surface area contributed by atoms with Crippen LogP contribution in [0.2, 0.25) is 0 Å². The normalized spacial score (nSPS) is 32.0. The third kappa shape index (κ3) is 6.68. The van der Waals surface area contributed by atoms with Crippen molar-refractivity contribution < 1.29 is 48.8 Å². The number of ketones is 2. The number of aromatic amines is 1. The summed E-state index contributed by atoms with van der Waals surface area (Å²) in [6, 6.07) is 5.04. The maximum Gasteiger partial charge on any atom is 0.326 e. The van der Waals surface area contributed by atoms with E-state index in [2.05, 4.69) is 22.5 Å². The first-order valence-electron chi connectivity index (χ1n) is 18.3. The van der Waals surface area contributed by atoms with Gasteiger partial charge < -0.3 is 35.7 Å². The molecule has 6 rings (SSSR count). The molecule has 1 heterocycles. The van der Waals surface area contributed by atoms with Crippen molar-refractivity contribution in [2.45, 2.75) is 109 Å². The molecule has 0 radical (unpaired) electrons. The molecule has 2 amide bonds. The molecule has 13 nitrogen and oxygen atoms in total. The van der Waals surface area contributed by atoms with Crippen molar-refractivity contribution in [3.63, 3.8) is 0 Å². The van der Waals surface area contributed by atoms with E-state index in [-0.39, 0.29) is 61.1 Å². The minimum absolute atomic E-state index is 0.0218. The summed E-state index contributed by atoms with van der Waals surface area (Å²) in [5, 5.41) is 39.0. The number of esters is 1. The Morgan fingerprint density at radius 1 is 1.04 bits per heavy atom. The Labute approximate surface area is 301 Å². The SMILES string of the molecule is C[C@H](NC(=O)CCC(=O)OCC(=O)[C@@]1(O)CC[C@H]2[C@@H]3CCC4=CC(=O)CC[C@]4(C)[C@H]3[C@@H](O)C[C@@]21C)C(=O)N[C@@H](Cc1c[nH]c2ccccc12)C(=O)O. The number of hydrogen-bond donors (Lipinski definition) is 6. The number of allylic oxidation sites excluding steroid dienone is 1. The van der Waals surface area contributed by atoms with E-state index in [1.807, 2.05) is 31.2 Å². The van der Waals surface area contributed by atoms with E-state index >= 15 is 0 Å². The second-order valence-electron chi connectivity index (χ2n) is 15.8. The van der Waals surface area contributed by atoms with Crippen molar-refractivity contribution in [3.05, 3.63) is 47.7 Å². The molecule has 6 N–H and O–H groups in total. The zero-order valence-electron chi connectivity index (χ0n) is 29.9. The highest BCUT2D eigenvalue weighted by Crippen LogP contribution is 2.67. The van der Waals surface area contributed by atoms with Crippen LogP contribution in [0.15, 0.2) is 42.1 Å². The molecule has 3 saturated carbocycles. The number of nitrogens with one attached hydrogen (secondary N) is 3. The summed E-state index contributed by atoms with van der Waals surface area (Å²) in [7, 11) is 0. The molecule has 4 aliphatic carbocycles. The number of aliphatic carboxylic acids is 1. The molecule has 0 unspecified atom stereocenters. The highest BCUT2D eigenvalue weighted by Gasteiger charge is 2.68. The van der Waals surface area contributed by atoms with Gasteiger partial charge in [-0.2, -0.15) is 0 Å². The second-order valence-corrected chi connectivity index (χ2v) is 15.8. The fraction of sp³-hybridized carbons (Fsp3) is 0.590. The first-order chi connectivity index (χ1) is 24.6. The fourth-order valence-corrected chi connectivity index (χ4v) is 10.1. The quantitative estimate of drug-likeness (QED) is 0.177. The number of Topliss-reactive ketones (excluding diaryl/α,β-unsaturated/α-hetero) is 1. The van der Waals surface area contributed by atoms with Crippen molar-refractivity contribution >= 4 is 46.2 Å². The predicted octanol–water partition coefficient (Wildman–Crippen LogP) is 2.91. The van der Waals surface area contributed by atoms with Gasteiger partial charge in [-0.3, -0.25) is 24.0 Å². The number of aromatic nitrogens is 1. The lowest BCUT2D eigenvalue weighted by Gasteiger charge is -2.60. The number of para-hydroxylation sites is 1. The maximum absolute atomic E-state index is 13.6. The smallest absolute Gasteiger partial charge is 0.326 e. The average Bonchev–Trinajstić information content (AvgIpc) is 3.63. The van der Waals surface area contributed by atoms with Crippen LogP contribution in [0, 0.1) is 28.6 Å². The Morgan fingerprint density at radius 2 is 1.79 bits per heavy atom. The largest absolute Gasteiger partial charge is 0.480 e. The Balaban J connectivity index is 0.978. The van der Waals surface area contributed by atoms with Gasteiger partial charge in [-0.15, -0.1) is 0 Å². The number of H-pyrrole nitrogens is 1. The number of ether oxygens (including phenoxy) is 1. The van der Waals surface area contributed by atoms with Gasteiger partial charge in [-0.05, 0) is 86.3 Å². The summed E-state index contributed by atoms with van der Waals surface area (Å²) < 4.78 is 5.22. The molecular weight excluding hydrogens is 670 g/mol. The first-order valence-corrected chi connectivity index (χ1v) is 18.3. The summed E-state index contributed by atoms with van der Waals surface area (Å²) >= 11 is 0. The highest BCUT2D eigenvalue weighted by atomic mass is 16.5. The van der Waals surface area contributed by atoms with Crippen molar-refractivity contribution in [2.24, 2.45) is 28.6 Å².